The predicted molar refractivity (Wildman–Crippen MR) is 111 cm³/mol. The fraction of sp³-hybridized carbons (Fsp3) is 0.0833. The van der Waals surface area contributed by atoms with Crippen LogP contribution in [-0.4, -0.2) is 0 Å². The first kappa shape index (κ1) is 16.2. The Hall–Kier alpha value is -3.26. The number of nitrogens with one attached hydrogen (secondary N) is 1. The largest absolute Gasteiger partial charge is 0.454 e. The van der Waals surface area contributed by atoms with E-state index in [2.05, 4.69) is 54.4 Å². The van der Waals surface area contributed by atoms with Gasteiger partial charge in [-0.15, -0.1) is 0 Å². The van der Waals surface area contributed by atoms with E-state index in [1.54, 1.807) is 6.08 Å². The fourth-order valence-electron chi connectivity index (χ4n) is 3.21. The van der Waals surface area contributed by atoms with Crippen molar-refractivity contribution in [2.45, 2.75) is 12.8 Å². The number of para-hydroxylation sites is 2. The van der Waals surface area contributed by atoms with Crippen LogP contribution in [0.2, 0.25) is 0 Å². The van der Waals surface area contributed by atoms with Crippen LogP contribution >= 0.6 is 0 Å². The second kappa shape index (κ2) is 7.32. The van der Waals surface area contributed by atoms with E-state index in [9.17, 15) is 0 Å². The number of allylic oxidation sites excluding steroid dienone is 8. The highest BCUT2D eigenvalue weighted by Crippen LogP contribution is 2.33. The van der Waals surface area contributed by atoms with Crippen LogP contribution in [0.25, 0.3) is 21.9 Å². The lowest BCUT2D eigenvalue weighted by molar-refractivity contribution is 0.670. The first-order valence-corrected chi connectivity index (χ1v) is 8.90. The van der Waals surface area contributed by atoms with Gasteiger partial charge in [-0.05, 0) is 42.7 Å². The van der Waals surface area contributed by atoms with Gasteiger partial charge in [-0.3, -0.25) is 0 Å². The molecule has 0 saturated heterocycles. The molecule has 26 heavy (non-hydrogen) atoms. The van der Waals surface area contributed by atoms with E-state index >= 15 is 0 Å². The lowest BCUT2D eigenvalue weighted by atomic mass is 10.1. The van der Waals surface area contributed by atoms with Gasteiger partial charge in [0.1, 0.15) is 5.58 Å². The Bertz CT molecular complexity index is 1080. The molecule has 128 valence electrons. The standard InChI is InChI=1S/C24H21NO/c1-2-9-19(17-16-18-10-4-3-5-11-18)25-22-14-8-13-21-20-12-6-7-15-23(20)26-24(21)22/h2,4,6-17,25H,1,3,5H2/b17-16+,19-9+. The molecule has 0 unspecified atom stereocenters. The molecular weight excluding hydrogens is 318 g/mol. The van der Waals surface area contributed by atoms with Gasteiger partial charge < -0.3 is 9.73 Å². The van der Waals surface area contributed by atoms with Gasteiger partial charge in [0.25, 0.3) is 0 Å². The van der Waals surface area contributed by atoms with E-state index < -0.39 is 0 Å². The lowest BCUT2D eigenvalue weighted by Crippen LogP contribution is -1.97. The number of fused-ring (bicyclic) bond motifs is 3. The third-order valence-electron chi connectivity index (χ3n) is 4.46. The van der Waals surface area contributed by atoms with Crippen molar-refractivity contribution < 1.29 is 4.42 Å². The van der Waals surface area contributed by atoms with E-state index in [0.29, 0.717) is 0 Å². The maximum absolute atomic E-state index is 6.09. The van der Waals surface area contributed by atoms with Crippen molar-refractivity contribution in [3.05, 3.63) is 103 Å². The molecule has 1 aromatic heterocycles. The summed E-state index contributed by atoms with van der Waals surface area (Å²) in [5, 5.41) is 5.73. The van der Waals surface area contributed by atoms with Crippen molar-refractivity contribution in [1.29, 1.82) is 0 Å². The summed E-state index contributed by atoms with van der Waals surface area (Å²) in [7, 11) is 0. The summed E-state index contributed by atoms with van der Waals surface area (Å²) in [6.07, 6.45) is 16.8. The molecule has 2 heteroatoms. The summed E-state index contributed by atoms with van der Waals surface area (Å²) in [5.41, 5.74) is 4.92. The van der Waals surface area contributed by atoms with Gasteiger partial charge in [0, 0.05) is 16.5 Å². The normalized spacial score (nSPS) is 14.9. The van der Waals surface area contributed by atoms with Gasteiger partial charge >= 0.3 is 0 Å². The Kier molecular flexibility index (Phi) is 4.57. The van der Waals surface area contributed by atoms with Crippen LogP contribution < -0.4 is 5.32 Å². The highest BCUT2D eigenvalue weighted by Gasteiger charge is 2.10. The summed E-state index contributed by atoms with van der Waals surface area (Å²) >= 11 is 0. The maximum Gasteiger partial charge on any atom is 0.158 e. The topological polar surface area (TPSA) is 25.2 Å². The maximum atomic E-state index is 6.09. The zero-order valence-electron chi connectivity index (χ0n) is 14.6. The van der Waals surface area contributed by atoms with Crippen molar-refractivity contribution >= 4 is 27.6 Å². The van der Waals surface area contributed by atoms with Crippen molar-refractivity contribution in [2.24, 2.45) is 0 Å². The van der Waals surface area contributed by atoms with Crippen LogP contribution in [0.5, 0.6) is 0 Å². The third kappa shape index (κ3) is 3.27. The molecule has 1 N–H and O–H groups in total. The van der Waals surface area contributed by atoms with E-state index in [-0.39, 0.29) is 0 Å². The Morgan fingerprint density at radius 2 is 1.92 bits per heavy atom. The number of benzene rings is 2. The van der Waals surface area contributed by atoms with E-state index in [4.69, 9.17) is 4.42 Å². The predicted octanol–water partition coefficient (Wildman–Crippen LogP) is 6.90. The molecule has 1 aliphatic rings. The van der Waals surface area contributed by atoms with Gasteiger partial charge in [-0.2, -0.15) is 0 Å². The molecule has 0 atom stereocenters. The third-order valence-corrected chi connectivity index (χ3v) is 4.46. The number of hydrogen-bond acceptors (Lipinski definition) is 2. The molecule has 4 rings (SSSR count). The highest BCUT2D eigenvalue weighted by molar-refractivity contribution is 6.08. The SMILES string of the molecule is C=C/C=C(\C=C\C1=CCCC=C1)Nc1cccc2c1oc1ccccc12. The molecular formula is C24H21NO. The first-order chi connectivity index (χ1) is 12.8. The molecule has 0 fully saturated rings. The fourth-order valence-corrected chi connectivity index (χ4v) is 3.21. The van der Waals surface area contributed by atoms with Gasteiger partial charge in [-0.1, -0.05) is 67.3 Å². The van der Waals surface area contributed by atoms with E-state index in [1.807, 2.05) is 36.4 Å². The number of furan rings is 1. The summed E-state index contributed by atoms with van der Waals surface area (Å²) in [4.78, 5) is 0. The molecule has 0 spiro atoms. The van der Waals surface area contributed by atoms with E-state index in [1.165, 1.54) is 5.57 Å². The lowest BCUT2D eigenvalue weighted by Gasteiger charge is -2.08. The summed E-state index contributed by atoms with van der Waals surface area (Å²) < 4.78 is 6.09. The van der Waals surface area contributed by atoms with E-state index in [0.717, 1.165) is 46.2 Å². The van der Waals surface area contributed by atoms with Gasteiger partial charge in [0.2, 0.25) is 0 Å². The minimum absolute atomic E-state index is 0.869. The van der Waals surface area contributed by atoms with Gasteiger partial charge in [0.15, 0.2) is 5.58 Å². The molecule has 0 bridgehead atoms. The summed E-state index contributed by atoms with van der Waals surface area (Å²) in [5.74, 6) is 0. The number of hydrogen-bond donors (Lipinski definition) is 1. The van der Waals surface area contributed by atoms with Crippen LogP contribution in [0.15, 0.2) is 107 Å². The second-order valence-electron chi connectivity index (χ2n) is 6.28. The molecule has 1 aliphatic carbocycles. The molecule has 2 nitrogen and oxygen atoms in total. The smallest absolute Gasteiger partial charge is 0.158 e. The van der Waals surface area contributed by atoms with Gasteiger partial charge in [-0.25, -0.2) is 0 Å². The molecule has 0 radical (unpaired) electrons. The average molecular weight is 339 g/mol. The second-order valence-corrected chi connectivity index (χ2v) is 6.28. The molecule has 1 heterocycles. The Morgan fingerprint density at radius 3 is 2.77 bits per heavy atom. The number of rotatable bonds is 5. The van der Waals surface area contributed by atoms with Crippen molar-refractivity contribution in [3.8, 4) is 0 Å². The quantitative estimate of drug-likeness (QED) is 0.511. The molecule has 0 amide bonds. The minimum Gasteiger partial charge on any atom is -0.454 e. The summed E-state index contributed by atoms with van der Waals surface area (Å²) in [6, 6.07) is 14.3. The van der Waals surface area contributed by atoms with Crippen LogP contribution in [0.3, 0.4) is 0 Å². The Labute approximate surface area is 153 Å². The summed E-state index contributed by atoms with van der Waals surface area (Å²) in [6.45, 7) is 3.83. The molecule has 0 saturated carbocycles. The average Bonchev–Trinajstić information content (AvgIpc) is 3.07. The monoisotopic (exact) mass is 339 g/mol. The van der Waals surface area contributed by atoms with Crippen molar-refractivity contribution in [1.82, 2.24) is 0 Å². The van der Waals surface area contributed by atoms with Crippen LogP contribution in [0, 0.1) is 0 Å². The molecule has 0 aliphatic heterocycles. The Morgan fingerprint density at radius 1 is 1.04 bits per heavy atom. The van der Waals surface area contributed by atoms with Crippen LogP contribution in [0.1, 0.15) is 12.8 Å². The zero-order valence-corrected chi connectivity index (χ0v) is 14.6. The van der Waals surface area contributed by atoms with Crippen LogP contribution in [-0.2, 0) is 0 Å². The molecule has 2 aromatic carbocycles. The van der Waals surface area contributed by atoms with Gasteiger partial charge in [0.05, 0.1) is 5.69 Å². The van der Waals surface area contributed by atoms with Crippen LogP contribution in [0.4, 0.5) is 5.69 Å². The first-order valence-electron chi connectivity index (χ1n) is 8.90. The Balaban J connectivity index is 1.69. The zero-order chi connectivity index (χ0) is 17.8. The number of anilines is 1. The minimum atomic E-state index is 0.869. The highest BCUT2D eigenvalue weighted by atomic mass is 16.3. The molecule has 3 aromatic rings. The van der Waals surface area contributed by atoms with Crippen molar-refractivity contribution in [2.75, 3.05) is 5.32 Å². The van der Waals surface area contributed by atoms with Crippen molar-refractivity contribution in [3.63, 3.8) is 0 Å².